The Balaban J connectivity index is 2.00. The fourth-order valence-electron chi connectivity index (χ4n) is 5.23. The Labute approximate surface area is 208 Å². The molecule has 0 fully saturated rings. The number of nitrogens with zero attached hydrogens (tertiary/aromatic N) is 3. The number of aromatic nitrogens is 3. The van der Waals surface area contributed by atoms with Gasteiger partial charge in [-0.05, 0) is 42.5 Å². The number of benzene rings is 3. The first-order chi connectivity index (χ1) is 16.7. The van der Waals surface area contributed by atoms with Crippen molar-refractivity contribution in [2.45, 2.75) is 66.2 Å². The third-order valence-corrected chi connectivity index (χ3v) is 7.08. The van der Waals surface area contributed by atoms with Gasteiger partial charge in [-0.2, -0.15) is 4.57 Å². The van der Waals surface area contributed by atoms with Crippen LogP contribution in [0.3, 0.4) is 0 Å². The molecule has 4 heteroatoms. The van der Waals surface area contributed by atoms with Gasteiger partial charge in [0.05, 0.1) is 12.6 Å². The SMILES string of the molecule is Cc1ccc2oc(C(C)C)nc2c1-c1n(-c2c(C(C)C)cccc2C(C)C)c2ccccc2[n+]1C. The standard InChI is InChI=1S/C31H36N3O/c1-18(2)22-12-11-13-23(19(3)4)29(22)34-25-15-10-9-14-24(25)33(8)31(34)27-21(7)16-17-26-28(27)32-30(35-26)20(5)6/h9-20H,1-8H3/q+1. The topological polar surface area (TPSA) is 34.8 Å². The zero-order valence-corrected chi connectivity index (χ0v) is 22.2. The van der Waals surface area contributed by atoms with Crippen molar-refractivity contribution in [1.82, 2.24) is 9.55 Å². The van der Waals surface area contributed by atoms with E-state index in [1.807, 2.05) is 0 Å². The Morgan fingerprint density at radius 2 is 1.46 bits per heavy atom. The number of fused-ring (bicyclic) bond motifs is 2. The lowest BCUT2D eigenvalue weighted by molar-refractivity contribution is -0.633. The molecule has 2 heterocycles. The van der Waals surface area contributed by atoms with Gasteiger partial charge in [0.2, 0.25) is 0 Å². The highest BCUT2D eigenvalue weighted by atomic mass is 16.3. The first-order valence-electron chi connectivity index (χ1n) is 12.7. The molecule has 0 radical (unpaired) electrons. The molecule has 0 amide bonds. The molecular weight excluding hydrogens is 430 g/mol. The summed E-state index contributed by atoms with van der Waals surface area (Å²) in [5.41, 5.74) is 10.5. The van der Waals surface area contributed by atoms with Gasteiger partial charge in [0.25, 0.3) is 5.82 Å². The first-order valence-corrected chi connectivity index (χ1v) is 12.7. The number of oxazole rings is 1. The quantitative estimate of drug-likeness (QED) is 0.246. The summed E-state index contributed by atoms with van der Waals surface area (Å²) in [5, 5.41) is 0. The van der Waals surface area contributed by atoms with Crippen molar-refractivity contribution >= 4 is 22.1 Å². The summed E-state index contributed by atoms with van der Waals surface area (Å²) in [6.07, 6.45) is 0. The van der Waals surface area contributed by atoms with Crippen molar-refractivity contribution in [1.29, 1.82) is 0 Å². The van der Waals surface area contributed by atoms with Crippen molar-refractivity contribution in [3.05, 3.63) is 77.2 Å². The lowest BCUT2D eigenvalue weighted by Gasteiger charge is -2.18. The van der Waals surface area contributed by atoms with E-state index < -0.39 is 0 Å². The van der Waals surface area contributed by atoms with Crippen molar-refractivity contribution < 1.29 is 8.98 Å². The van der Waals surface area contributed by atoms with Crippen molar-refractivity contribution in [3.8, 4) is 17.1 Å². The van der Waals surface area contributed by atoms with Crippen LogP contribution in [0.4, 0.5) is 0 Å². The summed E-state index contributed by atoms with van der Waals surface area (Å²) in [6, 6.07) is 19.7. The Kier molecular flexibility index (Phi) is 5.79. The van der Waals surface area contributed by atoms with E-state index in [2.05, 4.69) is 119 Å². The maximum Gasteiger partial charge on any atom is 0.297 e. The molecular formula is C31H36N3O+. The smallest absolute Gasteiger partial charge is 0.297 e. The summed E-state index contributed by atoms with van der Waals surface area (Å²) in [6.45, 7) is 15.6. The summed E-state index contributed by atoms with van der Waals surface area (Å²) >= 11 is 0. The molecule has 2 aromatic heterocycles. The average Bonchev–Trinajstić information content (AvgIpc) is 3.38. The fraction of sp³-hybridized carbons (Fsp3) is 0.355. The van der Waals surface area contributed by atoms with Crippen LogP contribution in [0.25, 0.3) is 39.2 Å². The largest absolute Gasteiger partial charge is 0.440 e. The van der Waals surface area contributed by atoms with Crippen molar-refractivity contribution in [2.24, 2.45) is 7.05 Å². The molecule has 0 aliphatic rings. The minimum atomic E-state index is 0.226. The van der Waals surface area contributed by atoms with Crippen LogP contribution in [0.15, 0.2) is 59.0 Å². The van der Waals surface area contributed by atoms with Gasteiger partial charge in [0.1, 0.15) is 11.2 Å². The van der Waals surface area contributed by atoms with Gasteiger partial charge < -0.3 is 4.42 Å². The minimum absolute atomic E-state index is 0.226. The van der Waals surface area contributed by atoms with Crippen LogP contribution in [0.5, 0.6) is 0 Å². The van der Waals surface area contributed by atoms with E-state index in [1.165, 1.54) is 33.4 Å². The molecule has 4 nitrogen and oxygen atoms in total. The molecule has 3 aromatic carbocycles. The molecule has 0 N–H and O–H groups in total. The maximum atomic E-state index is 6.20. The lowest BCUT2D eigenvalue weighted by atomic mass is 9.92. The van der Waals surface area contributed by atoms with Gasteiger partial charge in [0.15, 0.2) is 22.5 Å². The van der Waals surface area contributed by atoms with Gasteiger partial charge in [-0.25, -0.2) is 9.55 Å². The summed E-state index contributed by atoms with van der Waals surface area (Å²) in [4.78, 5) is 5.02. The van der Waals surface area contributed by atoms with E-state index in [-0.39, 0.29) is 5.92 Å². The first kappa shape index (κ1) is 23.3. The third kappa shape index (κ3) is 3.67. The van der Waals surface area contributed by atoms with E-state index >= 15 is 0 Å². The molecule has 0 saturated carbocycles. The van der Waals surface area contributed by atoms with Crippen molar-refractivity contribution in [3.63, 3.8) is 0 Å². The van der Waals surface area contributed by atoms with Crippen LogP contribution < -0.4 is 4.57 Å². The Hall–Kier alpha value is -3.40. The van der Waals surface area contributed by atoms with E-state index in [0.717, 1.165) is 28.4 Å². The monoisotopic (exact) mass is 466 g/mol. The molecule has 0 saturated heterocycles. The van der Waals surface area contributed by atoms with Crippen LogP contribution in [0.1, 0.15) is 81.9 Å². The van der Waals surface area contributed by atoms with Crippen LogP contribution in [0.2, 0.25) is 0 Å². The predicted molar refractivity (Wildman–Crippen MR) is 144 cm³/mol. The zero-order chi connectivity index (χ0) is 25.0. The normalized spacial score (nSPS) is 12.2. The lowest BCUT2D eigenvalue weighted by Crippen LogP contribution is -2.30. The van der Waals surface area contributed by atoms with Gasteiger partial charge in [-0.15, -0.1) is 0 Å². The Morgan fingerprint density at radius 1 is 0.800 bits per heavy atom. The Bertz CT molecular complexity index is 1520. The highest BCUT2D eigenvalue weighted by molar-refractivity contribution is 5.93. The van der Waals surface area contributed by atoms with Crippen LogP contribution in [-0.2, 0) is 7.05 Å². The average molecular weight is 467 g/mol. The number of imidazole rings is 1. The van der Waals surface area contributed by atoms with E-state index in [0.29, 0.717) is 11.8 Å². The van der Waals surface area contributed by atoms with E-state index in [9.17, 15) is 0 Å². The number of para-hydroxylation sites is 3. The molecule has 5 aromatic rings. The molecule has 0 aliphatic carbocycles. The highest BCUT2D eigenvalue weighted by Crippen LogP contribution is 2.39. The van der Waals surface area contributed by atoms with Gasteiger partial charge >= 0.3 is 0 Å². The van der Waals surface area contributed by atoms with Gasteiger partial charge in [-0.1, -0.05) is 77.9 Å². The van der Waals surface area contributed by atoms with Crippen LogP contribution in [0, 0.1) is 6.92 Å². The van der Waals surface area contributed by atoms with Gasteiger partial charge in [0, 0.05) is 17.0 Å². The zero-order valence-electron chi connectivity index (χ0n) is 22.2. The van der Waals surface area contributed by atoms with Crippen LogP contribution >= 0.6 is 0 Å². The van der Waals surface area contributed by atoms with Crippen molar-refractivity contribution in [2.75, 3.05) is 0 Å². The second kappa shape index (κ2) is 8.67. The molecule has 0 unspecified atom stereocenters. The highest BCUT2D eigenvalue weighted by Gasteiger charge is 2.33. The molecule has 35 heavy (non-hydrogen) atoms. The molecule has 0 bridgehead atoms. The number of hydrogen-bond donors (Lipinski definition) is 0. The number of hydrogen-bond acceptors (Lipinski definition) is 2. The molecule has 0 spiro atoms. The van der Waals surface area contributed by atoms with E-state index in [4.69, 9.17) is 9.40 Å². The predicted octanol–water partition coefficient (Wildman–Crippen LogP) is 7.94. The summed E-state index contributed by atoms with van der Waals surface area (Å²) < 4.78 is 11.0. The van der Waals surface area contributed by atoms with Gasteiger partial charge in [-0.3, -0.25) is 0 Å². The van der Waals surface area contributed by atoms with E-state index in [1.54, 1.807) is 0 Å². The second-order valence-electron chi connectivity index (χ2n) is 10.6. The number of aryl methyl sites for hydroxylation is 2. The van der Waals surface area contributed by atoms with Crippen LogP contribution in [-0.4, -0.2) is 9.55 Å². The Morgan fingerprint density at radius 3 is 2.09 bits per heavy atom. The third-order valence-electron chi connectivity index (χ3n) is 7.08. The maximum absolute atomic E-state index is 6.20. The molecule has 180 valence electrons. The summed E-state index contributed by atoms with van der Waals surface area (Å²) in [7, 11) is 2.17. The molecule has 0 aliphatic heterocycles. The second-order valence-corrected chi connectivity index (χ2v) is 10.6. The minimum Gasteiger partial charge on any atom is -0.440 e. The fourth-order valence-corrected chi connectivity index (χ4v) is 5.23. The number of rotatable bonds is 5. The molecule has 5 rings (SSSR count). The molecule has 0 atom stereocenters. The summed E-state index contributed by atoms with van der Waals surface area (Å²) in [5.74, 6) is 2.92.